The van der Waals surface area contributed by atoms with Gasteiger partial charge in [0.2, 0.25) is 0 Å². The molecule has 0 radical (unpaired) electrons. The molecule has 22 heavy (non-hydrogen) atoms. The van der Waals surface area contributed by atoms with E-state index in [1.165, 1.54) is 48.0 Å². The first kappa shape index (κ1) is 14.5. The molecular weight excluding hydrogens is 286 g/mol. The first-order valence-corrected chi connectivity index (χ1v) is 9.51. The van der Waals surface area contributed by atoms with E-state index in [2.05, 4.69) is 54.5 Å². The molecular formula is C20H25NS. The van der Waals surface area contributed by atoms with Crippen LogP contribution in [0.25, 0.3) is 10.1 Å². The molecule has 3 atom stereocenters. The summed E-state index contributed by atoms with van der Waals surface area (Å²) >= 11 is 1.90. The van der Waals surface area contributed by atoms with Crippen LogP contribution >= 0.6 is 11.3 Å². The molecule has 0 amide bonds. The van der Waals surface area contributed by atoms with Gasteiger partial charge in [0.05, 0.1) is 0 Å². The van der Waals surface area contributed by atoms with Crippen LogP contribution in [0.15, 0.2) is 35.7 Å². The lowest BCUT2D eigenvalue weighted by Crippen LogP contribution is -2.50. The summed E-state index contributed by atoms with van der Waals surface area (Å²) in [6.45, 7) is 7.02. The maximum atomic E-state index is 2.74. The number of thiophene rings is 1. The third kappa shape index (κ3) is 2.53. The third-order valence-corrected chi connectivity index (χ3v) is 6.56. The number of fused-ring (bicyclic) bond motifs is 3. The minimum Gasteiger partial charge on any atom is -0.296 e. The van der Waals surface area contributed by atoms with Crippen LogP contribution in [0, 0.1) is 18.8 Å². The molecule has 2 aliphatic heterocycles. The van der Waals surface area contributed by atoms with Gasteiger partial charge < -0.3 is 0 Å². The average Bonchev–Trinajstić information content (AvgIpc) is 2.95. The Hall–Kier alpha value is -1.12. The Kier molecular flexibility index (Phi) is 3.83. The molecule has 1 aliphatic carbocycles. The highest BCUT2D eigenvalue weighted by molar-refractivity contribution is 7.17. The first-order chi connectivity index (χ1) is 10.7. The fourth-order valence-electron chi connectivity index (χ4n) is 4.31. The summed E-state index contributed by atoms with van der Waals surface area (Å²) in [6, 6.07) is 7.58. The van der Waals surface area contributed by atoms with E-state index < -0.39 is 0 Å². The zero-order valence-electron chi connectivity index (χ0n) is 13.6. The summed E-state index contributed by atoms with van der Waals surface area (Å²) in [6.07, 6.45) is 8.88. The van der Waals surface area contributed by atoms with Crippen LogP contribution in [-0.4, -0.2) is 24.0 Å². The van der Waals surface area contributed by atoms with E-state index in [9.17, 15) is 0 Å². The van der Waals surface area contributed by atoms with Crippen molar-refractivity contribution < 1.29 is 0 Å². The molecule has 3 heterocycles. The topological polar surface area (TPSA) is 3.24 Å². The summed E-state index contributed by atoms with van der Waals surface area (Å²) in [7, 11) is 0. The van der Waals surface area contributed by atoms with Crippen molar-refractivity contribution in [1.29, 1.82) is 0 Å². The lowest BCUT2D eigenvalue weighted by molar-refractivity contribution is 0.0826. The first-order valence-electron chi connectivity index (χ1n) is 8.63. The molecule has 116 valence electrons. The maximum Gasteiger partial charge on any atom is 0.0348 e. The van der Waals surface area contributed by atoms with Crippen molar-refractivity contribution in [2.45, 2.75) is 39.2 Å². The minimum absolute atomic E-state index is 0.696. The highest BCUT2D eigenvalue weighted by Gasteiger charge is 2.35. The molecule has 1 aromatic carbocycles. The Labute approximate surface area is 137 Å². The van der Waals surface area contributed by atoms with Crippen molar-refractivity contribution in [3.05, 3.63) is 46.9 Å². The van der Waals surface area contributed by atoms with E-state index in [4.69, 9.17) is 0 Å². The minimum atomic E-state index is 0.696. The summed E-state index contributed by atoms with van der Waals surface area (Å²) < 4.78 is 1.45. The van der Waals surface area contributed by atoms with Crippen molar-refractivity contribution in [2.75, 3.05) is 13.1 Å². The van der Waals surface area contributed by atoms with Crippen molar-refractivity contribution >= 4 is 21.4 Å². The molecule has 2 bridgehead atoms. The van der Waals surface area contributed by atoms with E-state index in [1.807, 2.05) is 11.3 Å². The van der Waals surface area contributed by atoms with Gasteiger partial charge >= 0.3 is 0 Å². The van der Waals surface area contributed by atoms with Gasteiger partial charge in [-0.05, 0) is 59.6 Å². The number of benzene rings is 1. The van der Waals surface area contributed by atoms with E-state index in [0.717, 1.165) is 11.8 Å². The van der Waals surface area contributed by atoms with Crippen LogP contribution in [-0.2, 0) is 6.42 Å². The fourth-order valence-corrected chi connectivity index (χ4v) is 5.40. The second-order valence-electron chi connectivity index (χ2n) is 7.05. The van der Waals surface area contributed by atoms with Gasteiger partial charge in [0.1, 0.15) is 0 Å². The zero-order valence-corrected chi connectivity index (χ0v) is 14.4. The van der Waals surface area contributed by atoms with Crippen molar-refractivity contribution in [3.63, 3.8) is 0 Å². The largest absolute Gasteiger partial charge is 0.296 e. The van der Waals surface area contributed by atoms with Crippen LogP contribution < -0.4 is 0 Å². The van der Waals surface area contributed by atoms with Gasteiger partial charge in [-0.3, -0.25) is 4.90 Å². The van der Waals surface area contributed by atoms with E-state index in [0.29, 0.717) is 6.04 Å². The molecule has 2 aromatic rings. The molecule has 0 spiro atoms. The molecule has 1 saturated heterocycles. The van der Waals surface area contributed by atoms with Gasteiger partial charge in [0.25, 0.3) is 0 Å². The van der Waals surface area contributed by atoms with Crippen LogP contribution in [0.5, 0.6) is 0 Å². The summed E-state index contributed by atoms with van der Waals surface area (Å²) in [5.41, 5.74) is 2.91. The lowest BCUT2D eigenvalue weighted by atomic mass is 9.76. The van der Waals surface area contributed by atoms with Gasteiger partial charge in [0, 0.05) is 23.8 Å². The molecule has 1 nitrogen and oxygen atoms in total. The van der Waals surface area contributed by atoms with Crippen LogP contribution in [0.3, 0.4) is 0 Å². The molecule has 5 rings (SSSR count). The second kappa shape index (κ2) is 5.82. The van der Waals surface area contributed by atoms with E-state index >= 15 is 0 Å². The van der Waals surface area contributed by atoms with Gasteiger partial charge in [0.15, 0.2) is 0 Å². The Morgan fingerprint density at radius 2 is 2.18 bits per heavy atom. The Bertz CT molecular complexity index is 699. The van der Waals surface area contributed by atoms with Crippen molar-refractivity contribution in [3.8, 4) is 0 Å². The SMILES string of the molecule is CCC1CC2C=CC1N(CCc1csc3cc(C)ccc13)C2. The van der Waals surface area contributed by atoms with Crippen molar-refractivity contribution in [1.82, 2.24) is 4.90 Å². The zero-order chi connectivity index (χ0) is 15.1. The molecule has 3 aliphatic rings. The van der Waals surface area contributed by atoms with Gasteiger partial charge in [-0.1, -0.05) is 37.6 Å². The summed E-state index contributed by atoms with van der Waals surface area (Å²) in [5.74, 6) is 1.68. The molecule has 0 N–H and O–H groups in total. The smallest absolute Gasteiger partial charge is 0.0348 e. The summed E-state index contributed by atoms with van der Waals surface area (Å²) in [5, 5.41) is 3.85. The average molecular weight is 311 g/mol. The highest BCUT2D eigenvalue weighted by Crippen LogP contribution is 2.36. The van der Waals surface area contributed by atoms with Crippen molar-refractivity contribution in [2.24, 2.45) is 11.8 Å². The molecule has 2 heteroatoms. The number of hydrogen-bond acceptors (Lipinski definition) is 2. The quantitative estimate of drug-likeness (QED) is 0.715. The van der Waals surface area contributed by atoms with E-state index in [-0.39, 0.29) is 0 Å². The van der Waals surface area contributed by atoms with Gasteiger partial charge in [-0.2, -0.15) is 0 Å². The monoisotopic (exact) mass is 311 g/mol. The maximum absolute atomic E-state index is 2.74. The van der Waals surface area contributed by atoms with E-state index in [1.54, 1.807) is 5.56 Å². The number of rotatable bonds is 4. The number of nitrogens with zero attached hydrogens (tertiary/aromatic N) is 1. The second-order valence-corrected chi connectivity index (χ2v) is 7.96. The normalized spacial score (nSPS) is 27.8. The van der Waals surface area contributed by atoms with Gasteiger partial charge in [-0.15, -0.1) is 11.3 Å². The standard InChI is InChI=1S/C20H25NS/c1-3-16-11-15-5-7-19(16)21(12-15)9-8-17-13-22-20-10-14(2)4-6-18(17)20/h4-7,10,13,15-16,19H,3,8-9,11-12H2,1-2H3. The third-order valence-electron chi connectivity index (χ3n) is 5.56. The lowest BCUT2D eigenvalue weighted by Gasteiger charge is -2.46. The van der Waals surface area contributed by atoms with Gasteiger partial charge in [-0.25, -0.2) is 0 Å². The predicted octanol–water partition coefficient (Wildman–Crippen LogP) is 5.04. The Morgan fingerprint density at radius 1 is 1.27 bits per heavy atom. The predicted molar refractivity (Wildman–Crippen MR) is 96.7 cm³/mol. The molecule has 1 aromatic heterocycles. The van der Waals surface area contributed by atoms with Crippen LogP contribution in [0.4, 0.5) is 0 Å². The Morgan fingerprint density at radius 3 is 3.00 bits per heavy atom. The Balaban J connectivity index is 1.49. The summed E-state index contributed by atoms with van der Waals surface area (Å²) in [4.78, 5) is 2.74. The molecule has 0 saturated carbocycles. The molecule has 1 fully saturated rings. The van der Waals surface area contributed by atoms with Crippen LogP contribution in [0.1, 0.15) is 30.9 Å². The van der Waals surface area contributed by atoms with Crippen LogP contribution in [0.2, 0.25) is 0 Å². The number of piperidine rings is 1. The molecule has 3 unspecified atom stereocenters. The number of hydrogen-bond donors (Lipinski definition) is 0. The number of aryl methyl sites for hydroxylation is 1. The fraction of sp³-hybridized carbons (Fsp3) is 0.500. The highest BCUT2D eigenvalue weighted by atomic mass is 32.1.